The average Bonchev–Trinajstić information content (AvgIpc) is 3.07. The summed E-state index contributed by atoms with van der Waals surface area (Å²) in [4.78, 5) is 18.4. The van der Waals surface area contributed by atoms with Gasteiger partial charge in [-0.3, -0.25) is 14.7 Å². The molecule has 1 fully saturated rings. The van der Waals surface area contributed by atoms with Gasteiger partial charge in [-0.15, -0.1) is 24.8 Å². The fraction of sp³-hybridized carbons (Fsp3) is 0.400. The number of amides is 1. The molecule has 0 aromatic carbocycles. The van der Waals surface area contributed by atoms with Crippen LogP contribution in [0.5, 0.6) is 0 Å². The Morgan fingerprint density at radius 2 is 2.12 bits per heavy atom. The number of hydrogen-bond donors (Lipinski definition) is 2. The molecule has 1 aliphatic heterocycles. The van der Waals surface area contributed by atoms with Crippen molar-refractivity contribution < 1.29 is 9.32 Å². The van der Waals surface area contributed by atoms with Gasteiger partial charge < -0.3 is 15.2 Å². The van der Waals surface area contributed by atoms with Crippen LogP contribution in [0.3, 0.4) is 0 Å². The number of pyridine rings is 1. The number of halogens is 2. The van der Waals surface area contributed by atoms with Gasteiger partial charge in [-0.1, -0.05) is 5.16 Å². The van der Waals surface area contributed by atoms with E-state index in [1.54, 1.807) is 18.5 Å². The maximum absolute atomic E-state index is 12.1. The van der Waals surface area contributed by atoms with Crippen LogP contribution in [-0.2, 0) is 0 Å². The van der Waals surface area contributed by atoms with E-state index >= 15 is 0 Å². The smallest absolute Gasteiger partial charge is 0.273 e. The van der Waals surface area contributed by atoms with Crippen LogP contribution in [0.1, 0.15) is 10.5 Å². The van der Waals surface area contributed by atoms with Crippen molar-refractivity contribution in [3.8, 4) is 11.3 Å². The standard InChI is InChI=1S/C15H19N5O2.2ClH/c21-15(18-6-9-20-7-4-16-5-8-20)13-10-14(22-19-13)12-2-1-3-17-11-12;;/h1-3,10-11,16H,4-9H2,(H,18,21);2*1H. The SMILES string of the molecule is Cl.Cl.O=C(NCCN1CCNCC1)c1cc(-c2cccnc2)on1. The van der Waals surface area contributed by atoms with Crippen molar-refractivity contribution in [3.63, 3.8) is 0 Å². The van der Waals surface area contributed by atoms with E-state index in [1.165, 1.54) is 0 Å². The van der Waals surface area contributed by atoms with Gasteiger partial charge in [-0.05, 0) is 12.1 Å². The Labute approximate surface area is 153 Å². The molecule has 3 heterocycles. The van der Waals surface area contributed by atoms with Gasteiger partial charge in [0.25, 0.3) is 5.91 Å². The molecule has 2 aromatic rings. The van der Waals surface area contributed by atoms with E-state index in [4.69, 9.17) is 4.52 Å². The van der Waals surface area contributed by atoms with Crippen molar-refractivity contribution in [2.75, 3.05) is 39.3 Å². The molecule has 132 valence electrons. The zero-order valence-electron chi connectivity index (χ0n) is 13.1. The monoisotopic (exact) mass is 373 g/mol. The molecule has 24 heavy (non-hydrogen) atoms. The summed E-state index contributed by atoms with van der Waals surface area (Å²) in [7, 11) is 0. The maximum atomic E-state index is 12.1. The normalized spacial score (nSPS) is 14.3. The fourth-order valence-corrected chi connectivity index (χ4v) is 2.38. The predicted octanol–water partition coefficient (Wildman–Crippen LogP) is 1.22. The molecule has 9 heteroatoms. The summed E-state index contributed by atoms with van der Waals surface area (Å²) in [6.45, 7) is 5.50. The van der Waals surface area contributed by atoms with Crippen molar-refractivity contribution in [3.05, 3.63) is 36.3 Å². The Bertz CT molecular complexity index is 617. The van der Waals surface area contributed by atoms with Gasteiger partial charge in [0.15, 0.2) is 11.5 Å². The molecule has 0 atom stereocenters. The first-order valence-electron chi connectivity index (χ1n) is 7.41. The summed E-state index contributed by atoms with van der Waals surface area (Å²) < 4.78 is 5.20. The van der Waals surface area contributed by atoms with Gasteiger partial charge in [0.05, 0.1) is 0 Å². The number of hydrogen-bond acceptors (Lipinski definition) is 6. The average molecular weight is 374 g/mol. The maximum Gasteiger partial charge on any atom is 0.273 e. The van der Waals surface area contributed by atoms with Gasteiger partial charge in [-0.25, -0.2) is 0 Å². The highest BCUT2D eigenvalue weighted by atomic mass is 35.5. The van der Waals surface area contributed by atoms with Crippen LogP contribution in [0.2, 0.25) is 0 Å². The highest BCUT2D eigenvalue weighted by Gasteiger charge is 2.14. The number of piperazine rings is 1. The molecule has 1 saturated heterocycles. The zero-order valence-corrected chi connectivity index (χ0v) is 14.7. The Kier molecular flexibility index (Phi) is 8.70. The lowest BCUT2D eigenvalue weighted by atomic mass is 10.2. The van der Waals surface area contributed by atoms with Gasteiger partial charge >= 0.3 is 0 Å². The summed E-state index contributed by atoms with van der Waals surface area (Å²) in [5.74, 6) is 0.328. The summed E-state index contributed by atoms with van der Waals surface area (Å²) in [6.07, 6.45) is 3.36. The van der Waals surface area contributed by atoms with Crippen LogP contribution in [0.15, 0.2) is 35.1 Å². The minimum absolute atomic E-state index is 0. The molecule has 1 aliphatic rings. The molecular weight excluding hydrogens is 353 g/mol. The van der Waals surface area contributed by atoms with E-state index in [0.717, 1.165) is 38.3 Å². The quantitative estimate of drug-likeness (QED) is 0.819. The third-order valence-corrected chi connectivity index (χ3v) is 3.61. The Morgan fingerprint density at radius 1 is 1.33 bits per heavy atom. The lowest BCUT2D eigenvalue weighted by molar-refractivity contribution is 0.0938. The molecule has 0 unspecified atom stereocenters. The molecule has 2 aromatic heterocycles. The van der Waals surface area contributed by atoms with E-state index in [1.807, 2.05) is 12.1 Å². The lowest BCUT2D eigenvalue weighted by Gasteiger charge is -2.26. The Morgan fingerprint density at radius 3 is 2.83 bits per heavy atom. The second-order valence-electron chi connectivity index (χ2n) is 5.17. The van der Waals surface area contributed by atoms with Crippen molar-refractivity contribution in [2.45, 2.75) is 0 Å². The summed E-state index contributed by atoms with van der Waals surface area (Å²) >= 11 is 0. The molecular formula is C15H21Cl2N5O2. The van der Waals surface area contributed by atoms with Crippen LogP contribution in [-0.4, -0.2) is 60.2 Å². The van der Waals surface area contributed by atoms with Crippen LogP contribution in [0.25, 0.3) is 11.3 Å². The van der Waals surface area contributed by atoms with Gasteiger partial charge in [0, 0.05) is 63.3 Å². The summed E-state index contributed by atoms with van der Waals surface area (Å²) in [6, 6.07) is 5.31. The van der Waals surface area contributed by atoms with Gasteiger partial charge in [0.1, 0.15) is 0 Å². The molecule has 2 N–H and O–H groups in total. The van der Waals surface area contributed by atoms with Crippen molar-refractivity contribution >= 4 is 30.7 Å². The Hall–Kier alpha value is -1.67. The third kappa shape index (κ3) is 5.45. The minimum atomic E-state index is -0.214. The molecule has 1 amide bonds. The van der Waals surface area contributed by atoms with Crippen LogP contribution in [0, 0.1) is 0 Å². The first kappa shape index (κ1) is 20.4. The molecule has 0 spiro atoms. The number of carbonyl (C=O) groups excluding carboxylic acids is 1. The first-order chi connectivity index (χ1) is 10.8. The first-order valence-corrected chi connectivity index (χ1v) is 7.41. The summed E-state index contributed by atoms with van der Waals surface area (Å²) in [5, 5.41) is 9.99. The zero-order chi connectivity index (χ0) is 15.2. The van der Waals surface area contributed by atoms with Crippen LogP contribution < -0.4 is 10.6 Å². The van der Waals surface area contributed by atoms with E-state index in [-0.39, 0.29) is 30.7 Å². The third-order valence-electron chi connectivity index (χ3n) is 3.61. The number of nitrogens with zero attached hydrogens (tertiary/aromatic N) is 3. The van der Waals surface area contributed by atoms with Crippen molar-refractivity contribution in [1.82, 2.24) is 25.7 Å². The highest BCUT2D eigenvalue weighted by Crippen LogP contribution is 2.18. The largest absolute Gasteiger partial charge is 0.355 e. The van der Waals surface area contributed by atoms with E-state index in [9.17, 15) is 4.79 Å². The minimum Gasteiger partial charge on any atom is -0.355 e. The van der Waals surface area contributed by atoms with Crippen molar-refractivity contribution in [1.29, 1.82) is 0 Å². The number of carbonyl (C=O) groups is 1. The fourth-order valence-electron chi connectivity index (χ4n) is 2.38. The number of rotatable bonds is 5. The molecule has 0 aliphatic carbocycles. The topological polar surface area (TPSA) is 83.3 Å². The van der Waals surface area contributed by atoms with Crippen LogP contribution in [0.4, 0.5) is 0 Å². The predicted molar refractivity (Wildman–Crippen MR) is 95.9 cm³/mol. The van der Waals surface area contributed by atoms with E-state index in [2.05, 4.69) is 25.7 Å². The molecule has 3 rings (SSSR count). The molecule has 7 nitrogen and oxygen atoms in total. The summed E-state index contributed by atoms with van der Waals surface area (Å²) in [5.41, 5.74) is 1.09. The van der Waals surface area contributed by atoms with Gasteiger partial charge in [-0.2, -0.15) is 0 Å². The second kappa shape index (κ2) is 10.2. The highest BCUT2D eigenvalue weighted by molar-refractivity contribution is 5.93. The van der Waals surface area contributed by atoms with E-state index < -0.39 is 0 Å². The molecule has 0 radical (unpaired) electrons. The number of aromatic nitrogens is 2. The lowest BCUT2D eigenvalue weighted by Crippen LogP contribution is -2.46. The molecule has 0 bridgehead atoms. The van der Waals surface area contributed by atoms with Crippen molar-refractivity contribution in [2.24, 2.45) is 0 Å². The second-order valence-corrected chi connectivity index (χ2v) is 5.17. The number of nitrogens with one attached hydrogen (secondary N) is 2. The molecule has 0 saturated carbocycles. The van der Waals surface area contributed by atoms with Gasteiger partial charge in [0.2, 0.25) is 0 Å². The van der Waals surface area contributed by atoms with E-state index in [0.29, 0.717) is 18.0 Å². The Balaban J connectivity index is 0.00000144. The van der Waals surface area contributed by atoms with Crippen LogP contribution >= 0.6 is 24.8 Å².